The molecule has 7 nitrogen and oxygen atoms in total. The first-order valence-corrected chi connectivity index (χ1v) is 6.88. The van der Waals surface area contributed by atoms with Crippen LogP contribution >= 0.6 is 0 Å². The van der Waals surface area contributed by atoms with E-state index in [9.17, 15) is 14.9 Å². The molecule has 1 amide bonds. The largest absolute Gasteiger partial charge is 0.489 e. The zero-order chi connectivity index (χ0) is 17.5. The maximum Gasteiger partial charge on any atom is 0.276 e. The van der Waals surface area contributed by atoms with Crippen molar-refractivity contribution in [1.29, 1.82) is 5.26 Å². The van der Waals surface area contributed by atoms with Gasteiger partial charge in [-0.3, -0.25) is 14.9 Å². The number of hydrogen-bond acceptors (Lipinski definition) is 5. The molecule has 0 saturated heterocycles. The second-order valence-corrected chi connectivity index (χ2v) is 4.79. The van der Waals surface area contributed by atoms with E-state index in [2.05, 4.69) is 0 Å². The van der Waals surface area contributed by atoms with E-state index in [1.807, 2.05) is 30.3 Å². The van der Waals surface area contributed by atoms with E-state index < -0.39 is 10.8 Å². The molecule has 24 heavy (non-hydrogen) atoms. The molecule has 0 atom stereocenters. The Kier molecular flexibility index (Phi) is 5.26. The second kappa shape index (κ2) is 7.56. The lowest BCUT2D eigenvalue weighted by molar-refractivity contribution is -0.385. The van der Waals surface area contributed by atoms with E-state index in [1.165, 1.54) is 18.2 Å². The van der Waals surface area contributed by atoms with Gasteiger partial charge >= 0.3 is 0 Å². The van der Waals surface area contributed by atoms with E-state index in [0.717, 1.165) is 11.6 Å². The quantitative estimate of drug-likeness (QED) is 0.379. The molecule has 0 aliphatic rings. The third-order valence-corrected chi connectivity index (χ3v) is 3.13. The van der Waals surface area contributed by atoms with Gasteiger partial charge in [-0.05, 0) is 23.8 Å². The molecule has 0 fully saturated rings. The molecule has 2 aromatic carbocycles. The van der Waals surface area contributed by atoms with E-state index >= 15 is 0 Å². The number of nitrogens with two attached hydrogens (primary N) is 1. The normalized spacial score (nSPS) is 10.7. The van der Waals surface area contributed by atoms with Crippen LogP contribution in [0.5, 0.6) is 5.75 Å². The fraction of sp³-hybridized carbons (Fsp3) is 0.0588. The van der Waals surface area contributed by atoms with Gasteiger partial charge in [0.25, 0.3) is 11.6 Å². The van der Waals surface area contributed by atoms with Gasteiger partial charge in [-0.2, -0.15) is 5.26 Å². The molecule has 2 N–H and O–H groups in total. The Morgan fingerprint density at radius 2 is 2.00 bits per heavy atom. The Morgan fingerprint density at radius 1 is 1.29 bits per heavy atom. The molecular formula is C17H13N3O4. The number of amides is 1. The zero-order valence-electron chi connectivity index (χ0n) is 12.5. The van der Waals surface area contributed by atoms with E-state index in [0.29, 0.717) is 5.75 Å². The summed E-state index contributed by atoms with van der Waals surface area (Å²) < 4.78 is 5.59. The summed E-state index contributed by atoms with van der Waals surface area (Å²) >= 11 is 0. The van der Waals surface area contributed by atoms with Gasteiger partial charge in [0.15, 0.2) is 0 Å². The minimum atomic E-state index is -0.956. The van der Waals surface area contributed by atoms with Crippen LogP contribution in [0, 0.1) is 21.4 Å². The molecule has 0 aromatic heterocycles. The molecule has 0 heterocycles. The molecule has 0 aliphatic heterocycles. The lowest BCUT2D eigenvalue weighted by atomic mass is 10.1. The van der Waals surface area contributed by atoms with Crippen LogP contribution in [0.1, 0.15) is 11.1 Å². The SMILES string of the molecule is N#C/C(=C\c1cc(OCc2ccccc2)ccc1[N+](=O)[O-])C(N)=O. The van der Waals surface area contributed by atoms with E-state index in [4.69, 9.17) is 15.7 Å². The second-order valence-electron chi connectivity index (χ2n) is 4.79. The Hall–Kier alpha value is -3.66. The summed E-state index contributed by atoms with van der Waals surface area (Å²) in [7, 11) is 0. The van der Waals surface area contributed by atoms with Gasteiger partial charge in [0.2, 0.25) is 0 Å². The fourth-order valence-electron chi connectivity index (χ4n) is 1.96. The van der Waals surface area contributed by atoms with Crippen LogP contribution in [-0.4, -0.2) is 10.8 Å². The first-order valence-electron chi connectivity index (χ1n) is 6.88. The Balaban J connectivity index is 2.32. The van der Waals surface area contributed by atoms with Crippen molar-refractivity contribution < 1.29 is 14.5 Å². The predicted octanol–water partition coefficient (Wildman–Crippen LogP) is 2.57. The van der Waals surface area contributed by atoms with Crippen molar-refractivity contribution in [3.05, 3.63) is 75.3 Å². The van der Waals surface area contributed by atoms with Gasteiger partial charge in [-0.25, -0.2) is 0 Å². The van der Waals surface area contributed by atoms with Crippen LogP contribution in [0.15, 0.2) is 54.1 Å². The number of rotatable bonds is 6. The number of nitro benzene ring substituents is 1. The highest BCUT2D eigenvalue weighted by molar-refractivity contribution is 6.01. The van der Waals surface area contributed by atoms with Gasteiger partial charge in [-0.1, -0.05) is 30.3 Å². The minimum Gasteiger partial charge on any atom is -0.489 e. The summed E-state index contributed by atoms with van der Waals surface area (Å²) in [5, 5.41) is 20.0. The molecule has 0 bridgehead atoms. The number of ether oxygens (including phenoxy) is 1. The highest BCUT2D eigenvalue weighted by atomic mass is 16.6. The lowest BCUT2D eigenvalue weighted by Gasteiger charge is -2.07. The monoisotopic (exact) mass is 323 g/mol. The van der Waals surface area contributed by atoms with Crippen LogP contribution in [0.25, 0.3) is 6.08 Å². The third-order valence-electron chi connectivity index (χ3n) is 3.13. The standard InChI is InChI=1S/C17H13N3O4/c18-10-14(17(19)21)8-13-9-15(6-7-16(13)20(22)23)24-11-12-4-2-1-3-5-12/h1-9H,11H2,(H2,19,21)/b14-8+. The first-order chi connectivity index (χ1) is 11.5. The summed E-state index contributed by atoms with van der Waals surface area (Å²) in [5.74, 6) is -0.583. The number of hydrogen-bond donors (Lipinski definition) is 1. The molecule has 0 spiro atoms. The Bertz CT molecular complexity index is 839. The zero-order valence-corrected chi connectivity index (χ0v) is 12.5. The van der Waals surface area contributed by atoms with Crippen LogP contribution in [0.2, 0.25) is 0 Å². The van der Waals surface area contributed by atoms with Crippen molar-refractivity contribution >= 4 is 17.7 Å². The fourth-order valence-corrected chi connectivity index (χ4v) is 1.96. The number of nitriles is 1. The minimum absolute atomic E-state index is 0.0703. The lowest BCUT2D eigenvalue weighted by Crippen LogP contribution is -2.12. The van der Waals surface area contributed by atoms with Gasteiger partial charge < -0.3 is 10.5 Å². The summed E-state index contributed by atoms with van der Waals surface area (Å²) in [5.41, 5.74) is 5.44. The van der Waals surface area contributed by atoms with Gasteiger partial charge in [0, 0.05) is 6.07 Å². The van der Waals surface area contributed by atoms with Gasteiger partial charge in [-0.15, -0.1) is 0 Å². The van der Waals surface area contributed by atoms with Crippen LogP contribution in [0.3, 0.4) is 0 Å². The van der Waals surface area contributed by atoms with Crippen LogP contribution < -0.4 is 10.5 Å². The molecule has 0 unspecified atom stereocenters. The van der Waals surface area contributed by atoms with Crippen LogP contribution in [-0.2, 0) is 11.4 Å². The average molecular weight is 323 g/mol. The van der Waals surface area contributed by atoms with Crippen molar-refractivity contribution in [2.24, 2.45) is 5.73 Å². The van der Waals surface area contributed by atoms with Crippen molar-refractivity contribution in [1.82, 2.24) is 0 Å². The third kappa shape index (κ3) is 4.18. The molecule has 7 heteroatoms. The molecule has 2 aromatic rings. The summed E-state index contributed by atoms with van der Waals surface area (Å²) in [4.78, 5) is 21.6. The number of nitro groups is 1. The number of benzene rings is 2. The van der Waals surface area contributed by atoms with Crippen LogP contribution in [0.4, 0.5) is 5.69 Å². The molecule has 2 rings (SSSR count). The Morgan fingerprint density at radius 3 is 2.58 bits per heavy atom. The smallest absolute Gasteiger partial charge is 0.276 e. The molecule has 0 saturated carbocycles. The predicted molar refractivity (Wildman–Crippen MR) is 86.7 cm³/mol. The highest BCUT2D eigenvalue weighted by Gasteiger charge is 2.15. The average Bonchev–Trinajstić information content (AvgIpc) is 2.58. The maximum atomic E-state index is 11.1. The van der Waals surface area contributed by atoms with Gasteiger partial charge in [0.1, 0.15) is 24.0 Å². The van der Waals surface area contributed by atoms with Crippen molar-refractivity contribution in [3.8, 4) is 11.8 Å². The number of carbonyl (C=O) groups is 1. The summed E-state index contributed by atoms with van der Waals surface area (Å²) in [6.07, 6.45) is 1.08. The van der Waals surface area contributed by atoms with E-state index in [-0.39, 0.29) is 23.4 Å². The number of primary amides is 1. The number of carbonyl (C=O) groups excluding carboxylic acids is 1. The van der Waals surface area contributed by atoms with Crippen molar-refractivity contribution in [2.45, 2.75) is 6.61 Å². The molecule has 120 valence electrons. The first kappa shape index (κ1) is 16.7. The van der Waals surface area contributed by atoms with E-state index in [1.54, 1.807) is 6.07 Å². The van der Waals surface area contributed by atoms with Gasteiger partial charge in [0.05, 0.1) is 10.5 Å². The summed E-state index contributed by atoms with van der Waals surface area (Å²) in [6, 6.07) is 15.1. The molecular weight excluding hydrogens is 310 g/mol. The highest BCUT2D eigenvalue weighted by Crippen LogP contribution is 2.26. The topological polar surface area (TPSA) is 119 Å². The molecule has 0 radical (unpaired) electrons. The van der Waals surface area contributed by atoms with Crippen molar-refractivity contribution in [2.75, 3.05) is 0 Å². The van der Waals surface area contributed by atoms with Crippen molar-refractivity contribution in [3.63, 3.8) is 0 Å². The maximum absolute atomic E-state index is 11.1. The summed E-state index contributed by atoms with van der Waals surface area (Å²) in [6.45, 7) is 0.280. The molecule has 0 aliphatic carbocycles. The number of nitrogens with zero attached hydrogens (tertiary/aromatic N) is 2. The Labute approximate surface area is 137 Å².